The molecule has 0 aliphatic carbocycles. The van der Waals surface area contributed by atoms with Crippen molar-refractivity contribution in [2.75, 3.05) is 9.80 Å². The number of para-hydroxylation sites is 4. The second kappa shape index (κ2) is 31.0. The van der Waals surface area contributed by atoms with Gasteiger partial charge < -0.3 is 23.4 Å². The van der Waals surface area contributed by atoms with E-state index < -0.39 is 0 Å². The van der Waals surface area contributed by atoms with Crippen LogP contribution in [0.4, 0.5) is 34.1 Å². The second-order valence-electron chi connectivity index (χ2n) is 39.1. The average molecular weight is 1690 g/mol. The molecule has 0 radical (unpaired) electrons. The first kappa shape index (κ1) is 79.6. The van der Waals surface area contributed by atoms with Crippen LogP contribution in [0.2, 0.25) is 0 Å². The Hall–Kier alpha value is -15.8. The van der Waals surface area contributed by atoms with E-state index in [4.69, 9.17) is 4.42 Å². The van der Waals surface area contributed by atoms with Gasteiger partial charge in [-0.05, 0) is 230 Å². The van der Waals surface area contributed by atoms with Crippen molar-refractivity contribution >= 4 is 123 Å². The third kappa shape index (κ3) is 13.2. The predicted molar refractivity (Wildman–Crippen MR) is 561 cm³/mol. The molecule has 0 unspecified atom stereocenters. The van der Waals surface area contributed by atoms with Crippen molar-refractivity contribution in [2.24, 2.45) is 0 Å². The van der Waals surface area contributed by atoms with E-state index in [0.717, 1.165) is 184 Å². The maximum absolute atomic E-state index is 6.98. The van der Waals surface area contributed by atoms with E-state index in [0.29, 0.717) is 0 Å². The number of fused-ring (bicyclic) bond motifs is 13. The molecule has 3 aromatic heterocycles. The highest BCUT2D eigenvalue weighted by molar-refractivity contribution is 7.00. The molecule has 0 atom stereocenters. The number of benzene rings is 19. The summed E-state index contributed by atoms with van der Waals surface area (Å²) in [7, 11) is 0. The van der Waals surface area contributed by atoms with E-state index in [1.807, 2.05) is 0 Å². The summed E-state index contributed by atoms with van der Waals surface area (Å²) in [5.74, 6) is 0. The molecule has 2 aliphatic rings. The minimum atomic E-state index is -0.376. The maximum atomic E-state index is 6.98. The van der Waals surface area contributed by atoms with Crippen LogP contribution in [0.5, 0.6) is 0 Å². The molecule has 2 aliphatic heterocycles. The average Bonchev–Trinajstić information content (AvgIpc) is 0.803. The molecule has 19 aromatic carbocycles. The third-order valence-electron chi connectivity index (χ3n) is 28.0. The number of rotatable bonds is 13. The van der Waals surface area contributed by atoms with Crippen LogP contribution in [0.25, 0.3) is 177 Å². The number of furan rings is 1. The molecule has 630 valence electrons. The Morgan fingerprint density at radius 2 is 0.644 bits per heavy atom. The van der Waals surface area contributed by atoms with Gasteiger partial charge in [0.1, 0.15) is 11.2 Å². The molecule has 0 spiro atoms. The number of hydrogen-bond donors (Lipinski definition) is 0. The van der Waals surface area contributed by atoms with Crippen LogP contribution in [0, 0.1) is 0 Å². The fourth-order valence-electron chi connectivity index (χ4n) is 21.4. The molecule has 5 heterocycles. The molecule has 6 heteroatoms. The van der Waals surface area contributed by atoms with Crippen LogP contribution in [0.15, 0.2) is 429 Å². The van der Waals surface area contributed by atoms with Crippen LogP contribution < -0.4 is 26.2 Å². The van der Waals surface area contributed by atoms with Crippen LogP contribution in [0.1, 0.15) is 79.0 Å². The zero-order chi connectivity index (χ0) is 89.0. The Kier molecular flexibility index (Phi) is 18.7. The summed E-state index contributed by atoms with van der Waals surface area (Å²) in [5.41, 5.74) is 41.6. The maximum Gasteiger partial charge on any atom is 0.252 e. The Balaban J connectivity index is 0.891. The van der Waals surface area contributed by atoms with Crippen LogP contribution >= 0.6 is 0 Å². The first-order valence-corrected chi connectivity index (χ1v) is 46.4. The van der Waals surface area contributed by atoms with Gasteiger partial charge in [0.2, 0.25) is 0 Å². The summed E-state index contributed by atoms with van der Waals surface area (Å²) in [4.78, 5) is 5.44. The van der Waals surface area contributed by atoms with E-state index in [-0.39, 0.29) is 23.0 Å². The van der Waals surface area contributed by atoms with Gasteiger partial charge in [-0.1, -0.05) is 384 Å². The van der Waals surface area contributed by atoms with Gasteiger partial charge in [0.25, 0.3) is 6.71 Å². The van der Waals surface area contributed by atoms with E-state index in [2.05, 4.69) is 506 Å². The molecule has 0 saturated carbocycles. The van der Waals surface area contributed by atoms with E-state index >= 15 is 0 Å². The van der Waals surface area contributed by atoms with Crippen LogP contribution in [0.3, 0.4) is 0 Å². The molecule has 0 fully saturated rings. The van der Waals surface area contributed by atoms with Gasteiger partial charge >= 0.3 is 0 Å². The number of hydrogen-bond acceptors (Lipinski definition) is 3. The van der Waals surface area contributed by atoms with E-state index in [1.165, 1.54) is 60.2 Å². The third-order valence-corrected chi connectivity index (χ3v) is 28.0. The minimum absolute atomic E-state index is 0.143. The first-order chi connectivity index (χ1) is 64.4. The quantitative estimate of drug-likeness (QED) is 0.108. The number of aromatic nitrogens is 2. The SMILES string of the molecule is CC(C)(C)c1cc(-c2cccc3oc4ccccc4c23)c(-c2ccc3c(c2)N(c2c(-c4ccccc4)cccc2-c2ccccc2)c2cc(-n4c5ccc(C(C)(C)C)cc5c5cc(C(C)(C)C)ccc54)cc4c2B3c2ccc(-c3ccc(-c5ccccc5)cc3-c3ccccc3)cc2N4c2ccc(-c3ccccc3)cc2-c2ccccc2)c(-n2c3ccccc3c3ccccc32)c1. The van der Waals surface area contributed by atoms with Crippen molar-refractivity contribution in [1.29, 1.82) is 0 Å². The number of nitrogens with zero attached hydrogens (tertiary/aromatic N) is 4. The van der Waals surface area contributed by atoms with Gasteiger partial charge in [-0.3, -0.25) is 0 Å². The van der Waals surface area contributed by atoms with E-state index in [9.17, 15) is 0 Å². The normalized spacial score (nSPS) is 12.7. The molecule has 132 heavy (non-hydrogen) atoms. The van der Waals surface area contributed by atoms with Crippen LogP contribution in [-0.2, 0) is 16.2 Å². The highest BCUT2D eigenvalue weighted by atomic mass is 16.3. The lowest BCUT2D eigenvalue weighted by Gasteiger charge is -2.46. The highest BCUT2D eigenvalue weighted by Crippen LogP contribution is 2.56. The van der Waals surface area contributed by atoms with Gasteiger partial charge in [0.15, 0.2) is 0 Å². The standard InChI is InChI=1S/C126H97BN4O/c1-124(2,3)90-62-68-111-103(74-90)104-75-91(125(4,5)6)63-69-112(104)128(111)93-78-116-122-117(79-93)131(123-95(82-40-20-12-21-41-82)51-34-52-96(123)83-42-22-13-23-43-83)114-73-89(120-105(99-53-35-57-119-121(99)100-50-30-33-56-118(100)132-119)76-92(126(7,8)9)77-115(120)129-108-54-31-28-48-97(108)98-49-29-32-55-109(98)129)60-66-107(114)127(122)106-65-59-88(94-64-58-86(80-36-16-10-17-37-80)70-101(94)84-44-24-14-25-45-84)72-113(106)130(116)110-67-61-87(81-38-18-11-19-39-81)71-102(110)85-46-26-15-27-47-85/h10-79H,1-9H3. The predicted octanol–water partition coefficient (Wildman–Crippen LogP) is 32.8. The minimum Gasteiger partial charge on any atom is -0.456 e. The van der Waals surface area contributed by atoms with Crippen molar-refractivity contribution in [2.45, 2.75) is 78.6 Å². The largest absolute Gasteiger partial charge is 0.456 e. The van der Waals surface area contributed by atoms with Crippen LogP contribution in [-0.4, -0.2) is 15.8 Å². The lowest BCUT2D eigenvalue weighted by Crippen LogP contribution is -2.61. The second-order valence-corrected chi connectivity index (χ2v) is 39.1. The zero-order valence-corrected chi connectivity index (χ0v) is 75.7. The summed E-state index contributed by atoms with van der Waals surface area (Å²) in [6.07, 6.45) is 0. The lowest BCUT2D eigenvalue weighted by molar-refractivity contribution is 0.590. The molecule has 0 saturated heterocycles. The molecule has 0 N–H and O–H groups in total. The van der Waals surface area contributed by atoms with Gasteiger partial charge in [0.05, 0.1) is 44.8 Å². The lowest BCUT2D eigenvalue weighted by atomic mass is 9.33. The summed E-state index contributed by atoms with van der Waals surface area (Å²) in [6, 6.07) is 161. The molecule has 5 nitrogen and oxygen atoms in total. The summed E-state index contributed by atoms with van der Waals surface area (Å²) in [6.45, 7) is 20.8. The summed E-state index contributed by atoms with van der Waals surface area (Å²) >= 11 is 0. The van der Waals surface area contributed by atoms with Crippen molar-refractivity contribution in [1.82, 2.24) is 9.13 Å². The zero-order valence-electron chi connectivity index (χ0n) is 75.7. The molecule has 0 bridgehead atoms. The van der Waals surface area contributed by atoms with Crippen molar-refractivity contribution in [3.63, 3.8) is 0 Å². The topological polar surface area (TPSA) is 29.5 Å². The highest BCUT2D eigenvalue weighted by Gasteiger charge is 2.46. The van der Waals surface area contributed by atoms with Gasteiger partial charge in [0, 0.05) is 77.3 Å². The molecule has 24 rings (SSSR count). The fourth-order valence-corrected chi connectivity index (χ4v) is 21.4. The van der Waals surface area contributed by atoms with Gasteiger partial charge in [-0.15, -0.1) is 0 Å². The van der Waals surface area contributed by atoms with Gasteiger partial charge in [-0.2, -0.15) is 0 Å². The van der Waals surface area contributed by atoms with Crippen molar-refractivity contribution in [3.05, 3.63) is 441 Å². The number of anilines is 6. The fraction of sp³-hybridized carbons (Fsp3) is 0.0952. The Morgan fingerprint density at radius 1 is 0.220 bits per heavy atom. The monoisotopic (exact) mass is 1690 g/mol. The Labute approximate surface area is 772 Å². The smallest absolute Gasteiger partial charge is 0.252 e. The molecular formula is C126H97BN4O. The first-order valence-electron chi connectivity index (χ1n) is 46.4. The Morgan fingerprint density at radius 3 is 1.20 bits per heavy atom. The summed E-state index contributed by atoms with van der Waals surface area (Å²) < 4.78 is 12.2. The van der Waals surface area contributed by atoms with Crippen molar-refractivity contribution in [3.8, 4) is 112 Å². The molecule has 22 aromatic rings. The molecular weight excluding hydrogens is 1600 g/mol. The summed E-state index contributed by atoms with van der Waals surface area (Å²) in [5, 5.41) is 6.97. The van der Waals surface area contributed by atoms with E-state index in [1.54, 1.807) is 0 Å². The Bertz CT molecular complexity index is 8190. The molecule has 0 amide bonds. The van der Waals surface area contributed by atoms with Crippen molar-refractivity contribution < 1.29 is 4.42 Å². The van der Waals surface area contributed by atoms with Gasteiger partial charge in [-0.25, -0.2) is 0 Å².